The molecule has 0 bridgehead atoms. The molecule has 0 saturated heterocycles. The maximum Gasteiger partial charge on any atom is 0.255 e. The molecule has 0 aliphatic heterocycles. The minimum Gasteiger partial charge on any atom is -0.342 e. The van der Waals surface area contributed by atoms with Crippen molar-refractivity contribution >= 4 is 17.5 Å². The molecule has 132 valence electrons. The molecule has 1 unspecified atom stereocenters. The predicted molar refractivity (Wildman–Crippen MR) is 97.0 cm³/mol. The summed E-state index contributed by atoms with van der Waals surface area (Å²) in [5.74, 6) is 0.541. The zero-order valence-electron chi connectivity index (χ0n) is 15.2. The van der Waals surface area contributed by atoms with Crippen LogP contribution in [-0.4, -0.2) is 43.4 Å². The first kappa shape index (κ1) is 18.5. The zero-order chi connectivity index (χ0) is 17.9. The fraction of sp³-hybridized carbons (Fsp3) is 0.579. The summed E-state index contributed by atoms with van der Waals surface area (Å²) >= 11 is 0. The summed E-state index contributed by atoms with van der Waals surface area (Å²) in [6, 6.07) is 7.39. The standard InChI is InChI=1S/C19H29N3O2/c1-13(2)16(20)11-12-21(3)19(24)15-7-5-6-8-17(15)22(4)18(23)14-9-10-14/h5-8,13-14,16H,9-12,20H2,1-4H3. The van der Waals surface area contributed by atoms with E-state index >= 15 is 0 Å². The molecular formula is C19H29N3O2. The van der Waals surface area contributed by atoms with Gasteiger partial charge >= 0.3 is 0 Å². The van der Waals surface area contributed by atoms with Crippen LogP contribution in [0.25, 0.3) is 0 Å². The summed E-state index contributed by atoms with van der Waals surface area (Å²) in [5, 5.41) is 0. The summed E-state index contributed by atoms with van der Waals surface area (Å²) in [6.07, 6.45) is 2.66. The SMILES string of the molecule is CC(C)C(N)CCN(C)C(=O)c1ccccc1N(C)C(=O)C1CC1. The monoisotopic (exact) mass is 331 g/mol. The molecule has 1 aliphatic carbocycles. The van der Waals surface area contributed by atoms with Gasteiger partial charge in [0.25, 0.3) is 5.91 Å². The molecule has 5 heteroatoms. The van der Waals surface area contributed by atoms with Crippen LogP contribution in [0, 0.1) is 11.8 Å². The van der Waals surface area contributed by atoms with Gasteiger partial charge in [-0.1, -0.05) is 26.0 Å². The third kappa shape index (κ3) is 4.35. The molecule has 0 heterocycles. The van der Waals surface area contributed by atoms with Gasteiger partial charge in [-0.3, -0.25) is 9.59 Å². The molecule has 24 heavy (non-hydrogen) atoms. The maximum atomic E-state index is 12.8. The molecule has 1 saturated carbocycles. The molecule has 2 amide bonds. The fourth-order valence-corrected chi connectivity index (χ4v) is 2.65. The van der Waals surface area contributed by atoms with Gasteiger partial charge in [0.15, 0.2) is 0 Å². The molecule has 1 aliphatic rings. The third-order valence-electron chi connectivity index (χ3n) is 4.75. The first-order chi connectivity index (χ1) is 11.3. The van der Waals surface area contributed by atoms with E-state index in [0.29, 0.717) is 23.7 Å². The van der Waals surface area contributed by atoms with Gasteiger partial charge in [-0.15, -0.1) is 0 Å². The number of para-hydroxylation sites is 1. The number of benzene rings is 1. The maximum absolute atomic E-state index is 12.8. The van der Waals surface area contributed by atoms with E-state index in [1.54, 1.807) is 30.0 Å². The fourth-order valence-electron chi connectivity index (χ4n) is 2.65. The van der Waals surface area contributed by atoms with Gasteiger partial charge in [0, 0.05) is 32.6 Å². The summed E-state index contributed by atoms with van der Waals surface area (Å²) in [7, 11) is 3.54. The van der Waals surface area contributed by atoms with Crippen molar-refractivity contribution in [3.05, 3.63) is 29.8 Å². The van der Waals surface area contributed by atoms with Gasteiger partial charge in [0.1, 0.15) is 0 Å². The number of amides is 2. The Morgan fingerprint density at radius 1 is 1.21 bits per heavy atom. The van der Waals surface area contributed by atoms with Crippen LogP contribution in [0.5, 0.6) is 0 Å². The molecule has 0 spiro atoms. The Hall–Kier alpha value is -1.88. The van der Waals surface area contributed by atoms with Crippen molar-refractivity contribution in [3.63, 3.8) is 0 Å². The Kier molecular flexibility index (Phi) is 5.99. The van der Waals surface area contributed by atoms with Crippen LogP contribution in [0.15, 0.2) is 24.3 Å². The summed E-state index contributed by atoms with van der Waals surface area (Å²) < 4.78 is 0. The normalized spacial score (nSPS) is 15.2. The average molecular weight is 331 g/mol. The zero-order valence-corrected chi connectivity index (χ0v) is 15.2. The van der Waals surface area contributed by atoms with Crippen LogP contribution in [0.2, 0.25) is 0 Å². The molecule has 0 aromatic heterocycles. The van der Waals surface area contributed by atoms with E-state index in [0.717, 1.165) is 19.3 Å². The van der Waals surface area contributed by atoms with Crippen molar-refractivity contribution in [1.29, 1.82) is 0 Å². The van der Waals surface area contributed by atoms with Crippen molar-refractivity contribution < 1.29 is 9.59 Å². The number of nitrogens with two attached hydrogens (primary N) is 1. The Balaban J connectivity index is 2.10. The van der Waals surface area contributed by atoms with Crippen LogP contribution in [0.4, 0.5) is 5.69 Å². The Morgan fingerprint density at radius 2 is 1.83 bits per heavy atom. The first-order valence-corrected chi connectivity index (χ1v) is 8.70. The van der Waals surface area contributed by atoms with Crippen LogP contribution in [-0.2, 0) is 4.79 Å². The molecule has 1 atom stereocenters. The lowest BCUT2D eigenvalue weighted by molar-refractivity contribution is -0.119. The van der Waals surface area contributed by atoms with Gasteiger partial charge < -0.3 is 15.5 Å². The van der Waals surface area contributed by atoms with Crippen LogP contribution >= 0.6 is 0 Å². The van der Waals surface area contributed by atoms with Crippen molar-refractivity contribution in [1.82, 2.24) is 4.90 Å². The summed E-state index contributed by atoms with van der Waals surface area (Å²) in [6.45, 7) is 4.77. The second-order valence-electron chi connectivity index (χ2n) is 7.11. The van der Waals surface area contributed by atoms with E-state index in [-0.39, 0.29) is 23.8 Å². The lowest BCUT2D eigenvalue weighted by Crippen LogP contribution is -2.36. The highest BCUT2D eigenvalue weighted by molar-refractivity contribution is 6.05. The van der Waals surface area contributed by atoms with E-state index in [1.165, 1.54) is 0 Å². The van der Waals surface area contributed by atoms with E-state index in [4.69, 9.17) is 5.73 Å². The number of nitrogens with zero attached hydrogens (tertiary/aromatic N) is 2. The molecule has 1 aromatic carbocycles. The van der Waals surface area contributed by atoms with Gasteiger partial charge in [0.2, 0.25) is 5.91 Å². The van der Waals surface area contributed by atoms with E-state index in [1.807, 2.05) is 18.2 Å². The first-order valence-electron chi connectivity index (χ1n) is 8.70. The van der Waals surface area contributed by atoms with Crippen LogP contribution in [0.1, 0.15) is 43.5 Å². The highest BCUT2D eigenvalue weighted by Crippen LogP contribution is 2.33. The molecular weight excluding hydrogens is 302 g/mol. The number of rotatable bonds is 7. The molecule has 0 radical (unpaired) electrons. The second kappa shape index (κ2) is 7.79. The highest BCUT2D eigenvalue weighted by atomic mass is 16.2. The van der Waals surface area contributed by atoms with E-state index < -0.39 is 0 Å². The topological polar surface area (TPSA) is 66.6 Å². The van der Waals surface area contributed by atoms with Crippen molar-refractivity contribution in [2.24, 2.45) is 17.6 Å². The van der Waals surface area contributed by atoms with Crippen LogP contribution < -0.4 is 10.6 Å². The quantitative estimate of drug-likeness (QED) is 0.835. The van der Waals surface area contributed by atoms with Gasteiger partial charge in [-0.25, -0.2) is 0 Å². The molecule has 1 aromatic rings. The molecule has 5 nitrogen and oxygen atoms in total. The number of hydrogen-bond donors (Lipinski definition) is 1. The lowest BCUT2D eigenvalue weighted by atomic mass is 10.0. The van der Waals surface area contributed by atoms with Crippen LogP contribution in [0.3, 0.4) is 0 Å². The molecule has 2 N–H and O–H groups in total. The second-order valence-corrected chi connectivity index (χ2v) is 7.11. The minimum absolute atomic E-state index is 0.0722. The van der Waals surface area contributed by atoms with Crippen molar-refractivity contribution in [3.8, 4) is 0 Å². The third-order valence-corrected chi connectivity index (χ3v) is 4.75. The van der Waals surface area contributed by atoms with Gasteiger partial charge in [-0.2, -0.15) is 0 Å². The number of anilines is 1. The van der Waals surface area contributed by atoms with E-state index in [9.17, 15) is 9.59 Å². The van der Waals surface area contributed by atoms with Crippen molar-refractivity contribution in [2.75, 3.05) is 25.5 Å². The van der Waals surface area contributed by atoms with Crippen molar-refractivity contribution in [2.45, 2.75) is 39.2 Å². The van der Waals surface area contributed by atoms with Gasteiger partial charge in [-0.05, 0) is 37.3 Å². The Bertz CT molecular complexity index is 596. The Labute approximate surface area is 144 Å². The Morgan fingerprint density at radius 3 is 2.42 bits per heavy atom. The van der Waals surface area contributed by atoms with E-state index in [2.05, 4.69) is 13.8 Å². The lowest BCUT2D eigenvalue weighted by Gasteiger charge is -2.25. The molecule has 2 rings (SSSR count). The predicted octanol–water partition coefficient (Wildman–Crippen LogP) is 2.50. The van der Waals surface area contributed by atoms with Gasteiger partial charge in [0.05, 0.1) is 11.3 Å². The smallest absolute Gasteiger partial charge is 0.255 e. The number of carbonyl (C=O) groups is 2. The minimum atomic E-state index is -0.0722. The number of carbonyl (C=O) groups excluding carboxylic acids is 2. The molecule has 1 fully saturated rings. The summed E-state index contributed by atoms with van der Waals surface area (Å²) in [5.41, 5.74) is 7.32. The number of hydrogen-bond acceptors (Lipinski definition) is 3. The highest BCUT2D eigenvalue weighted by Gasteiger charge is 2.33. The largest absolute Gasteiger partial charge is 0.342 e. The average Bonchev–Trinajstić information content (AvgIpc) is 3.42. The summed E-state index contributed by atoms with van der Waals surface area (Å²) in [4.78, 5) is 28.4.